The number of aryl methyl sites for hydroxylation is 1. The molecule has 8 heteroatoms. The third-order valence-electron chi connectivity index (χ3n) is 3.61. The van der Waals surface area contributed by atoms with Gasteiger partial charge in [-0.2, -0.15) is 5.10 Å². The van der Waals surface area contributed by atoms with Crippen LogP contribution in [0.15, 0.2) is 12.5 Å². The van der Waals surface area contributed by atoms with Crippen LogP contribution < -0.4 is 4.90 Å². The average Bonchev–Trinajstić information content (AvgIpc) is 2.89. The van der Waals surface area contributed by atoms with E-state index in [1.807, 2.05) is 14.0 Å². The van der Waals surface area contributed by atoms with E-state index in [1.165, 1.54) is 0 Å². The zero-order chi connectivity index (χ0) is 14.8. The molecular formula is C13H18N6O2. The highest BCUT2D eigenvalue weighted by Gasteiger charge is 2.24. The van der Waals surface area contributed by atoms with E-state index >= 15 is 0 Å². The minimum absolute atomic E-state index is 0.244. The molecule has 0 atom stereocenters. The molecule has 3 rings (SSSR count). The Morgan fingerprint density at radius 2 is 2.05 bits per heavy atom. The molecular weight excluding hydrogens is 272 g/mol. The Balaban J connectivity index is 1.75. The first kappa shape index (κ1) is 13.6. The summed E-state index contributed by atoms with van der Waals surface area (Å²) in [6.07, 6.45) is 3.09. The second-order valence-electron chi connectivity index (χ2n) is 4.88. The molecule has 0 spiro atoms. The highest BCUT2D eigenvalue weighted by Crippen LogP contribution is 2.23. The smallest absolute Gasteiger partial charge is 0.409 e. The maximum absolute atomic E-state index is 11.7. The van der Waals surface area contributed by atoms with E-state index in [1.54, 1.807) is 22.1 Å². The van der Waals surface area contributed by atoms with Crippen molar-refractivity contribution in [1.29, 1.82) is 0 Å². The summed E-state index contributed by atoms with van der Waals surface area (Å²) in [6.45, 7) is 4.92. The van der Waals surface area contributed by atoms with Crippen molar-refractivity contribution < 1.29 is 9.53 Å². The molecule has 0 radical (unpaired) electrons. The fourth-order valence-corrected chi connectivity index (χ4v) is 2.52. The quantitative estimate of drug-likeness (QED) is 0.808. The lowest BCUT2D eigenvalue weighted by molar-refractivity contribution is 0.105. The second-order valence-corrected chi connectivity index (χ2v) is 4.88. The monoisotopic (exact) mass is 290 g/mol. The number of piperazine rings is 1. The van der Waals surface area contributed by atoms with Gasteiger partial charge in [0.1, 0.15) is 12.1 Å². The predicted molar refractivity (Wildman–Crippen MR) is 77.1 cm³/mol. The van der Waals surface area contributed by atoms with Gasteiger partial charge in [0.2, 0.25) is 0 Å². The van der Waals surface area contributed by atoms with Crippen LogP contribution in [0.25, 0.3) is 11.0 Å². The summed E-state index contributed by atoms with van der Waals surface area (Å²) in [6, 6.07) is 0. The molecule has 1 amide bonds. The fourth-order valence-electron chi connectivity index (χ4n) is 2.52. The molecule has 21 heavy (non-hydrogen) atoms. The molecule has 1 aliphatic rings. The number of nitrogens with zero attached hydrogens (tertiary/aromatic N) is 6. The Bertz CT molecular complexity index is 647. The molecule has 0 aliphatic carbocycles. The molecule has 0 saturated carbocycles. The standard InChI is InChI=1S/C13H18N6O2/c1-3-21-13(20)19-6-4-18(5-7-19)12-10-8-16-17(2)11(10)14-9-15-12/h8-9H,3-7H2,1-2H3. The molecule has 0 N–H and O–H groups in total. The van der Waals surface area contributed by atoms with Crippen LogP contribution in [0.4, 0.5) is 10.6 Å². The van der Waals surface area contributed by atoms with E-state index < -0.39 is 0 Å². The van der Waals surface area contributed by atoms with E-state index in [4.69, 9.17) is 4.74 Å². The Kier molecular flexibility index (Phi) is 3.59. The van der Waals surface area contributed by atoms with Gasteiger partial charge in [0, 0.05) is 33.2 Å². The Morgan fingerprint density at radius 3 is 2.76 bits per heavy atom. The maximum atomic E-state index is 11.7. The molecule has 1 fully saturated rings. The van der Waals surface area contributed by atoms with Crippen LogP contribution in [0.5, 0.6) is 0 Å². The summed E-state index contributed by atoms with van der Waals surface area (Å²) in [5.74, 6) is 0.872. The zero-order valence-corrected chi connectivity index (χ0v) is 12.2. The van der Waals surface area contributed by atoms with Gasteiger partial charge in [0.05, 0.1) is 18.2 Å². The molecule has 2 aromatic heterocycles. The molecule has 0 bridgehead atoms. The van der Waals surface area contributed by atoms with Crippen molar-refractivity contribution in [2.75, 3.05) is 37.7 Å². The topological polar surface area (TPSA) is 76.4 Å². The Morgan fingerprint density at radius 1 is 1.29 bits per heavy atom. The number of amides is 1. The van der Waals surface area contributed by atoms with Crippen LogP contribution in [0, 0.1) is 0 Å². The van der Waals surface area contributed by atoms with E-state index in [9.17, 15) is 4.79 Å². The number of aromatic nitrogens is 4. The van der Waals surface area contributed by atoms with Crippen LogP contribution >= 0.6 is 0 Å². The van der Waals surface area contributed by atoms with E-state index in [0.717, 1.165) is 29.9 Å². The van der Waals surface area contributed by atoms with Crippen molar-refractivity contribution in [3.8, 4) is 0 Å². The average molecular weight is 290 g/mol. The van der Waals surface area contributed by atoms with Gasteiger partial charge in [-0.15, -0.1) is 0 Å². The minimum Gasteiger partial charge on any atom is -0.450 e. The first-order valence-electron chi connectivity index (χ1n) is 7.00. The van der Waals surface area contributed by atoms with Gasteiger partial charge in [-0.1, -0.05) is 0 Å². The van der Waals surface area contributed by atoms with Crippen LogP contribution in [-0.2, 0) is 11.8 Å². The zero-order valence-electron chi connectivity index (χ0n) is 12.2. The van der Waals surface area contributed by atoms with Crippen LogP contribution in [0.2, 0.25) is 0 Å². The molecule has 8 nitrogen and oxygen atoms in total. The van der Waals surface area contributed by atoms with Gasteiger partial charge in [0.15, 0.2) is 5.65 Å². The molecule has 0 unspecified atom stereocenters. The number of anilines is 1. The van der Waals surface area contributed by atoms with Gasteiger partial charge >= 0.3 is 6.09 Å². The summed E-state index contributed by atoms with van der Waals surface area (Å²) in [5, 5.41) is 5.16. The fraction of sp³-hybridized carbons (Fsp3) is 0.538. The molecule has 112 valence electrons. The first-order chi connectivity index (χ1) is 10.2. The Labute approximate surface area is 122 Å². The third kappa shape index (κ3) is 2.48. The molecule has 1 aliphatic heterocycles. The van der Waals surface area contributed by atoms with Gasteiger partial charge in [-0.25, -0.2) is 14.8 Å². The summed E-state index contributed by atoms with van der Waals surface area (Å²) in [4.78, 5) is 24.2. The van der Waals surface area contributed by atoms with Crippen LogP contribution in [-0.4, -0.2) is 63.5 Å². The molecule has 3 heterocycles. The van der Waals surface area contributed by atoms with E-state index in [2.05, 4.69) is 20.0 Å². The third-order valence-corrected chi connectivity index (χ3v) is 3.61. The number of carbonyl (C=O) groups is 1. The summed E-state index contributed by atoms with van der Waals surface area (Å²) in [7, 11) is 1.86. The van der Waals surface area contributed by atoms with Crippen molar-refractivity contribution in [2.45, 2.75) is 6.92 Å². The highest BCUT2D eigenvalue weighted by atomic mass is 16.6. The van der Waals surface area contributed by atoms with Crippen molar-refractivity contribution in [3.05, 3.63) is 12.5 Å². The van der Waals surface area contributed by atoms with Crippen molar-refractivity contribution >= 4 is 22.9 Å². The van der Waals surface area contributed by atoms with E-state index in [0.29, 0.717) is 19.7 Å². The van der Waals surface area contributed by atoms with Gasteiger partial charge in [-0.3, -0.25) is 4.68 Å². The Hall–Kier alpha value is -2.38. The predicted octanol–water partition coefficient (Wildman–Crippen LogP) is 0.642. The first-order valence-corrected chi connectivity index (χ1v) is 7.00. The number of hydrogen-bond acceptors (Lipinski definition) is 6. The molecule has 2 aromatic rings. The van der Waals surface area contributed by atoms with Gasteiger partial charge < -0.3 is 14.5 Å². The minimum atomic E-state index is -0.244. The lowest BCUT2D eigenvalue weighted by atomic mass is 10.3. The SMILES string of the molecule is CCOC(=O)N1CCN(c2ncnc3c2cnn3C)CC1. The maximum Gasteiger partial charge on any atom is 0.409 e. The normalized spacial score (nSPS) is 15.5. The van der Waals surface area contributed by atoms with Crippen molar-refractivity contribution in [2.24, 2.45) is 7.05 Å². The second kappa shape index (κ2) is 5.55. The lowest BCUT2D eigenvalue weighted by Crippen LogP contribution is -2.49. The summed E-state index contributed by atoms with van der Waals surface area (Å²) in [5.41, 5.74) is 0.813. The number of rotatable bonds is 2. The van der Waals surface area contributed by atoms with Crippen LogP contribution in [0.1, 0.15) is 6.92 Å². The van der Waals surface area contributed by atoms with Crippen molar-refractivity contribution in [1.82, 2.24) is 24.6 Å². The number of fused-ring (bicyclic) bond motifs is 1. The number of carbonyl (C=O) groups excluding carboxylic acids is 1. The summed E-state index contributed by atoms with van der Waals surface area (Å²) < 4.78 is 6.76. The largest absolute Gasteiger partial charge is 0.450 e. The van der Waals surface area contributed by atoms with Crippen LogP contribution in [0.3, 0.4) is 0 Å². The summed E-state index contributed by atoms with van der Waals surface area (Å²) >= 11 is 0. The van der Waals surface area contributed by atoms with Crippen molar-refractivity contribution in [3.63, 3.8) is 0 Å². The van der Waals surface area contributed by atoms with Gasteiger partial charge in [-0.05, 0) is 6.92 Å². The number of ether oxygens (including phenoxy) is 1. The number of hydrogen-bond donors (Lipinski definition) is 0. The lowest BCUT2D eigenvalue weighted by Gasteiger charge is -2.34. The molecule has 0 aromatic carbocycles. The molecule has 1 saturated heterocycles. The van der Waals surface area contributed by atoms with Gasteiger partial charge in [0.25, 0.3) is 0 Å². The highest BCUT2D eigenvalue weighted by molar-refractivity contribution is 5.86. The van der Waals surface area contributed by atoms with E-state index in [-0.39, 0.29) is 6.09 Å².